The molecule has 0 heterocycles. The van der Waals surface area contributed by atoms with Gasteiger partial charge in [-0.15, -0.1) is 11.8 Å². The number of esters is 1. The summed E-state index contributed by atoms with van der Waals surface area (Å²) in [6.45, 7) is 1.55. The summed E-state index contributed by atoms with van der Waals surface area (Å²) < 4.78 is 10.1. The summed E-state index contributed by atoms with van der Waals surface area (Å²) in [5.74, 6) is -0.657. The molecule has 0 saturated carbocycles. The van der Waals surface area contributed by atoms with Crippen molar-refractivity contribution in [2.45, 2.75) is 6.92 Å². The molecule has 7 nitrogen and oxygen atoms in total. The number of amides is 2. The van der Waals surface area contributed by atoms with E-state index in [0.29, 0.717) is 17.1 Å². The van der Waals surface area contributed by atoms with Crippen LogP contribution in [0, 0.1) is 6.92 Å². The highest BCUT2D eigenvalue weighted by atomic mass is 32.2. The second-order valence-corrected chi connectivity index (χ2v) is 6.80. The Labute approximate surface area is 167 Å². The van der Waals surface area contributed by atoms with Gasteiger partial charge in [0.1, 0.15) is 5.75 Å². The maximum atomic E-state index is 11.9. The predicted molar refractivity (Wildman–Crippen MR) is 110 cm³/mol. The normalized spacial score (nSPS) is 10.1. The number of carbonyl (C=O) groups excluding carboxylic acids is 3. The van der Waals surface area contributed by atoms with Gasteiger partial charge in [-0.25, -0.2) is 0 Å². The van der Waals surface area contributed by atoms with E-state index >= 15 is 0 Å². The zero-order valence-electron chi connectivity index (χ0n) is 15.7. The number of ether oxygens (including phenoxy) is 2. The molecule has 0 aliphatic heterocycles. The van der Waals surface area contributed by atoms with Gasteiger partial charge < -0.3 is 20.1 Å². The lowest BCUT2D eigenvalue weighted by atomic mass is 10.2. The van der Waals surface area contributed by atoms with Gasteiger partial charge in [-0.05, 0) is 31.2 Å². The Morgan fingerprint density at radius 1 is 0.929 bits per heavy atom. The van der Waals surface area contributed by atoms with Crippen LogP contribution in [0.3, 0.4) is 0 Å². The van der Waals surface area contributed by atoms with Gasteiger partial charge in [-0.3, -0.25) is 14.4 Å². The molecule has 0 bridgehead atoms. The van der Waals surface area contributed by atoms with Crippen molar-refractivity contribution in [3.8, 4) is 5.75 Å². The van der Waals surface area contributed by atoms with Gasteiger partial charge in [0.15, 0.2) is 6.61 Å². The van der Waals surface area contributed by atoms with Crippen LogP contribution >= 0.6 is 11.8 Å². The van der Waals surface area contributed by atoms with Gasteiger partial charge in [0.2, 0.25) is 5.91 Å². The Kier molecular flexibility index (Phi) is 8.36. The quantitative estimate of drug-likeness (QED) is 0.627. The molecule has 2 rings (SSSR count). The minimum atomic E-state index is -0.566. The number of carbonyl (C=O) groups is 3. The molecular formula is C20H22N2O5S. The van der Waals surface area contributed by atoms with Crippen LogP contribution in [0.15, 0.2) is 48.5 Å². The van der Waals surface area contributed by atoms with Crippen LogP contribution in [0.1, 0.15) is 5.56 Å². The Hall–Kier alpha value is -3.00. The number of hydrogen-bond donors (Lipinski definition) is 2. The molecule has 0 spiro atoms. The van der Waals surface area contributed by atoms with Crippen molar-refractivity contribution in [2.75, 3.05) is 35.9 Å². The Bertz CT molecular complexity index is 824. The number of benzene rings is 2. The molecule has 8 heteroatoms. The van der Waals surface area contributed by atoms with E-state index in [1.807, 2.05) is 31.2 Å². The maximum absolute atomic E-state index is 11.9. The standard InChI is InChI=1S/C20H22N2O5S/c1-14-7-9-15(10-8-14)21-19(24)12-28-13-20(25)27-11-18(23)22-16-5-3-4-6-17(16)26-2/h3-10H,11-13H2,1-2H3,(H,21,24)(H,22,23). The molecule has 2 amide bonds. The van der Waals surface area contributed by atoms with Crippen molar-refractivity contribution in [1.29, 1.82) is 0 Å². The van der Waals surface area contributed by atoms with Crippen molar-refractivity contribution in [3.63, 3.8) is 0 Å². The number of methoxy groups -OCH3 is 1. The third-order valence-electron chi connectivity index (χ3n) is 3.53. The second kappa shape index (κ2) is 11.0. The molecule has 0 atom stereocenters. The van der Waals surface area contributed by atoms with Crippen LogP contribution in [0.4, 0.5) is 11.4 Å². The van der Waals surface area contributed by atoms with Crippen LogP contribution in [0.5, 0.6) is 5.75 Å². The van der Waals surface area contributed by atoms with Gasteiger partial charge in [0.25, 0.3) is 5.91 Å². The number of nitrogens with one attached hydrogen (secondary N) is 2. The van der Waals surface area contributed by atoms with Gasteiger partial charge >= 0.3 is 5.97 Å². The Morgan fingerprint density at radius 2 is 1.64 bits per heavy atom. The largest absolute Gasteiger partial charge is 0.495 e. The maximum Gasteiger partial charge on any atom is 0.316 e. The second-order valence-electron chi connectivity index (χ2n) is 5.82. The van der Waals surface area contributed by atoms with Crippen LogP contribution in [-0.4, -0.2) is 43.0 Å². The highest BCUT2D eigenvalue weighted by molar-refractivity contribution is 8.00. The third-order valence-corrected chi connectivity index (χ3v) is 4.44. The smallest absolute Gasteiger partial charge is 0.316 e. The van der Waals surface area contributed by atoms with Crippen molar-refractivity contribution in [1.82, 2.24) is 0 Å². The monoisotopic (exact) mass is 402 g/mol. The summed E-state index contributed by atoms with van der Waals surface area (Å²) in [5.41, 5.74) is 2.30. The average Bonchev–Trinajstić information content (AvgIpc) is 2.68. The van der Waals surface area contributed by atoms with E-state index < -0.39 is 18.5 Å². The highest BCUT2D eigenvalue weighted by Crippen LogP contribution is 2.22. The van der Waals surface area contributed by atoms with Crippen molar-refractivity contribution in [2.24, 2.45) is 0 Å². The van der Waals surface area contributed by atoms with Crippen LogP contribution in [0.25, 0.3) is 0 Å². The zero-order chi connectivity index (χ0) is 20.4. The molecule has 0 saturated heterocycles. The Balaban J connectivity index is 1.64. The van der Waals surface area contributed by atoms with Crippen LogP contribution < -0.4 is 15.4 Å². The number of para-hydroxylation sites is 2. The fourth-order valence-corrected chi connectivity index (χ4v) is 2.79. The molecule has 0 fully saturated rings. The fraction of sp³-hybridized carbons (Fsp3) is 0.250. The first-order valence-corrected chi connectivity index (χ1v) is 9.66. The lowest BCUT2D eigenvalue weighted by Gasteiger charge is -2.10. The van der Waals surface area contributed by atoms with E-state index in [0.717, 1.165) is 17.3 Å². The fourth-order valence-electron chi connectivity index (χ4n) is 2.18. The SMILES string of the molecule is COc1ccccc1NC(=O)COC(=O)CSCC(=O)Nc1ccc(C)cc1. The van der Waals surface area contributed by atoms with Gasteiger partial charge in [0, 0.05) is 5.69 Å². The molecule has 0 aromatic heterocycles. The predicted octanol–water partition coefficient (Wildman–Crippen LogP) is 2.86. The number of thioether (sulfide) groups is 1. The van der Waals surface area contributed by atoms with Gasteiger partial charge in [-0.1, -0.05) is 29.8 Å². The topological polar surface area (TPSA) is 93.7 Å². The average molecular weight is 402 g/mol. The summed E-state index contributed by atoms with van der Waals surface area (Å²) in [6.07, 6.45) is 0. The first kappa shape index (κ1) is 21.3. The van der Waals surface area contributed by atoms with E-state index in [4.69, 9.17) is 9.47 Å². The van der Waals surface area contributed by atoms with Crippen molar-refractivity contribution >= 4 is 40.9 Å². The molecule has 0 radical (unpaired) electrons. The minimum absolute atomic E-state index is 0.0245. The molecule has 2 aromatic rings. The van der Waals surface area contributed by atoms with E-state index in [9.17, 15) is 14.4 Å². The van der Waals surface area contributed by atoms with Crippen LogP contribution in [0.2, 0.25) is 0 Å². The summed E-state index contributed by atoms with van der Waals surface area (Å²) in [7, 11) is 1.50. The third kappa shape index (κ3) is 7.32. The van der Waals surface area contributed by atoms with E-state index in [1.165, 1.54) is 7.11 Å². The molecule has 2 N–H and O–H groups in total. The first-order chi connectivity index (χ1) is 13.5. The highest BCUT2D eigenvalue weighted by Gasteiger charge is 2.11. The molecule has 0 unspecified atom stereocenters. The number of rotatable bonds is 9. The van der Waals surface area contributed by atoms with Gasteiger partial charge in [-0.2, -0.15) is 0 Å². The zero-order valence-corrected chi connectivity index (χ0v) is 16.5. The summed E-state index contributed by atoms with van der Waals surface area (Å²) >= 11 is 1.12. The number of anilines is 2. The Morgan fingerprint density at radius 3 is 2.36 bits per heavy atom. The van der Waals surface area contributed by atoms with Crippen molar-refractivity contribution < 1.29 is 23.9 Å². The van der Waals surface area contributed by atoms with E-state index in [1.54, 1.807) is 24.3 Å². The summed E-state index contributed by atoms with van der Waals surface area (Å²) in [6, 6.07) is 14.3. The molecule has 0 aliphatic carbocycles. The van der Waals surface area contributed by atoms with Crippen LogP contribution in [-0.2, 0) is 19.1 Å². The molecule has 28 heavy (non-hydrogen) atoms. The lowest BCUT2D eigenvalue weighted by molar-refractivity contribution is -0.144. The van der Waals surface area contributed by atoms with Crippen molar-refractivity contribution in [3.05, 3.63) is 54.1 Å². The number of aryl methyl sites for hydroxylation is 1. The van der Waals surface area contributed by atoms with E-state index in [-0.39, 0.29) is 17.4 Å². The number of hydrogen-bond acceptors (Lipinski definition) is 6. The molecule has 2 aromatic carbocycles. The molecular weight excluding hydrogens is 380 g/mol. The molecule has 148 valence electrons. The van der Waals surface area contributed by atoms with E-state index in [2.05, 4.69) is 10.6 Å². The summed E-state index contributed by atoms with van der Waals surface area (Å²) in [4.78, 5) is 35.4. The first-order valence-electron chi connectivity index (χ1n) is 8.50. The molecule has 0 aliphatic rings. The minimum Gasteiger partial charge on any atom is -0.495 e. The summed E-state index contributed by atoms with van der Waals surface area (Å²) in [5, 5.41) is 5.35. The lowest BCUT2D eigenvalue weighted by Crippen LogP contribution is -2.22. The van der Waals surface area contributed by atoms with Gasteiger partial charge in [0.05, 0.1) is 24.3 Å².